The molecule has 1 aliphatic rings. The van der Waals surface area contributed by atoms with Gasteiger partial charge in [-0.3, -0.25) is 4.79 Å². The van der Waals surface area contributed by atoms with Gasteiger partial charge < -0.3 is 20.9 Å². The Morgan fingerprint density at radius 1 is 1.00 bits per heavy atom. The fourth-order valence-electron chi connectivity index (χ4n) is 4.54. The SMILES string of the molecule is Cc1c(F)cc(C(=O)Nc2ccccc2)cc1-c1nc(NCCN(C)C)nc2c1CNC(=O)N2c1c(F)cccc1F. The third kappa shape index (κ3) is 5.75. The molecule has 42 heavy (non-hydrogen) atoms. The van der Waals surface area contributed by atoms with Gasteiger partial charge in [0.25, 0.3) is 5.91 Å². The van der Waals surface area contributed by atoms with Crippen LogP contribution in [0.2, 0.25) is 0 Å². The lowest BCUT2D eigenvalue weighted by atomic mass is 9.97. The van der Waals surface area contributed by atoms with E-state index < -0.39 is 35.1 Å². The number of nitrogens with one attached hydrogen (secondary N) is 3. The monoisotopic (exact) mass is 575 g/mol. The summed E-state index contributed by atoms with van der Waals surface area (Å²) in [6, 6.07) is 13.8. The van der Waals surface area contributed by atoms with Crippen molar-refractivity contribution in [3.8, 4) is 11.3 Å². The number of nitrogens with zero attached hydrogens (tertiary/aromatic N) is 4. The van der Waals surface area contributed by atoms with Crippen molar-refractivity contribution in [2.24, 2.45) is 0 Å². The fourth-order valence-corrected chi connectivity index (χ4v) is 4.54. The lowest BCUT2D eigenvalue weighted by molar-refractivity contribution is 0.102. The highest BCUT2D eigenvalue weighted by Crippen LogP contribution is 2.39. The minimum Gasteiger partial charge on any atom is -0.353 e. The summed E-state index contributed by atoms with van der Waals surface area (Å²) in [6.45, 7) is 2.44. The van der Waals surface area contributed by atoms with Crippen LogP contribution in [0.25, 0.3) is 11.3 Å². The Balaban J connectivity index is 1.67. The number of likely N-dealkylation sites (N-methyl/N-ethyl adjacent to an activating group) is 1. The lowest BCUT2D eigenvalue weighted by Gasteiger charge is -2.31. The summed E-state index contributed by atoms with van der Waals surface area (Å²) in [5.74, 6) is -3.15. The number of urea groups is 1. The van der Waals surface area contributed by atoms with Crippen molar-refractivity contribution in [3.63, 3.8) is 0 Å². The summed E-state index contributed by atoms with van der Waals surface area (Å²) < 4.78 is 45.2. The molecule has 1 aromatic heterocycles. The first-order valence-corrected chi connectivity index (χ1v) is 13.1. The molecule has 216 valence electrons. The summed E-state index contributed by atoms with van der Waals surface area (Å²) >= 11 is 0. The Kier molecular flexibility index (Phi) is 8.07. The number of hydrogen-bond acceptors (Lipinski definition) is 6. The number of para-hydroxylation sites is 2. The number of carbonyl (C=O) groups is 2. The van der Waals surface area contributed by atoms with E-state index in [-0.39, 0.29) is 40.7 Å². The third-order valence-electron chi connectivity index (χ3n) is 6.71. The number of amides is 3. The van der Waals surface area contributed by atoms with Gasteiger partial charge in [-0.2, -0.15) is 4.98 Å². The molecular weight excluding hydrogens is 547 g/mol. The Bertz CT molecular complexity index is 1640. The van der Waals surface area contributed by atoms with Crippen LogP contribution >= 0.6 is 0 Å². The maximum absolute atomic E-state index is 15.3. The number of fused-ring (bicyclic) bond motifs is 1. The average molecular weight is 576 g/mol. The topological polar surface area (TPSA) is 102 Å². The molecule has 0 fully saturated rings. The molecule has 1 aliphatic heterocycles. The predicted molar refractivity (Wildman–Crippen MR) is 154 cm³/mol. The molecule has 9 nitrogen and oxygen atoms in total. The van der Waals surface area contributed by atoms with E-state index in [0.29, 0.717) is 24.3 Å². The van der Waals surface area contributed by atoms with Gasteiger partial charge in [0, 0.05) is 35.5 Å². The zero-order valence-electron chi connectivity index (χ0n) is 23.1. The highest BCUT2D eigenvalue weighted by atomic mass is 19.1. The standard InChI is InChI=1S/C30H28F3N7O2/c1-17-20(14-18(15-24(17)33)28(41)36-19-8-5-4-6-9-19)25-21-16-35-30(42)40(26-22(31)10-7-11-23(26)32)27(21)38-29(37-25)34-12-13-39(2)3/h4-11,14-15H,12-13,16H2,1-3H3,(H,35,42)(H,36,41)(H,34,37,38). The normalized spacial score (nSPS) is 12.6. The van der Waals surface area contributed by atoms with Gasteiger partial charge in [-0.1, -0.05) is 24.3 Å². The maximum atomic E-state index is 15.3. The molecule has 0 radical (unpaired) electrons. The predicted octanol–water partition coefficient (Wildman–Crippen LogP) is 5.46. The second-order valence-corrected chi connectivity index (χ2v) is 9.94. The van der Waals surface area contributed by atoms with Crippen molar-refractivity contribution < 1.29 is 22.8 Å². The van der Waals surface area contributed by atoms with E-state index in [9.17, 15) is 18.4 Å². The molecule has 0 atom stereocenters. The molecule has 5 rings (SSSR count). The molecule has 12 heteroatoms. The average Bonchev–Trinajstić information content (AvgIpc) is 2.95. The summed E-state index contributed by atoms with van der Waals surface area (Å²) in [5.41, 5.74) is 0.877. The minimum absolute atomic E-state index is 0.0308. The molecule has 0 spiro atoms. The molecule has 0 saturated heterocycles. The van der Waals surface area contributed by atoms with Crippen LogP contribution < -0.4 is 20.9 Å². The maximum Gasteiger partial charge on any atom is 0.328 e. The van der Waals surface area contributed by atoms with E-state index in [1.54, 1.807) is 30.3 Å². The Hall–Kier alpha value is -4.97. The van der Waals surface area contributed by atoms with Crippen molar-refractivity contribution in [2.45, 2.75) is 13.5 Å². The second kappa shape index (κ2) is 11.9. The highest BCUT2D eigenvalue weighted by Gasteiger charge is 2.34. The number of aromatic nitrogens is 2. The quantitative estimate of drug-likeness (QED) is 0.258. The van der Waals surface area contributed by atoms with Gasteiger partial charge in [-0.25, -0.2) is 27.8 Å². The molecule has 3 aromatic carbocycles. The van der Waals surface area contributed by atoms with Crippen LogP contribution in [0, 0.1) is 24.4 Å². The number of anilines is 4. The first kappa shape index (κ1) is 28.6. The van der Waals surface area contributed by atoms with Crippen molar-refractivity contribution in [1.29, 1.82) is 0 Å². The summed E-state index contributed by atoms with van der Waals surface area (Å²) in [7, 11) is 3.76. The molecule has 3 N–H and O–H groups in total. The van der Waals surface area contributed by atoms with E-state index in [4.69, 9.17) is 0 Å². The van der Waals surface area contributed by atoms with Crippen LogP contribution in [0.15, 0.2) is 60.7 Å². The van der Waals surface area contributed by atoms with Gasteiger partial charge in [0.05, 0.1) is 12.2 Å². The van der Waals surface area contributed by atoms with Crippen molar-refractivity contribution in [2.75, 3.05) is 42.7 Å². The highest BCUT2D eigenvalue weighted by molar-refractivity contribution is 6.06. The van der Waals surface area contributed by atoms with Gasteiger partial charge in [0.2, 0.25) is 5.95 Å². The van der Waals surface area contributed by atoms with Crippen molar-refractivity contribution in [3.05, 3.63) is 94.8 Å². The van der Waals surface area contributed by atoms with Gasteiger partial charge in [-0.15, -0.1) is 0 Å². The fraction of sp³-hybridized carbons (Fsp3) is 0.200. The van der Waals surface area contributed by atoms with E-state index in [1.165, 1.54) is 19.1 Å². The molecule has 2 heterocycles. The number of benzene rings is 3. The van der Waals surface area contributed by atoms with Gasteiger partial charge in [0.1, 0.15) is 23.1 Å². The van der Waals surface area contributed by atoms with Crippen LogP contribution in [-0.4, -0.2) is 54.0 Å². The van der Waals surface area contributed by atoms with Gasteiger partial charge in [-0.05, 0) is 63.0 Å². The largest absolute Gasteiger partial charge is 0.353 e. The van der Waals surface area contributed by atoms with E-state index in [2.05, 4.69) is 25.9 Å². The van der Waals surface area contributed by atoms with Gasteiger partial charge >= 0.3 is 6.03 Å². The molecule has 0 unspecified atom stereocenters. The van der Waals surface area contributed by atoms with Gasteiger partial charge in [0.15, 0.2) is 5.82 Å². The second-order valence-electron chi connectivity index (χ2n) is 9.94. The van der Waals surface area contributed by atoms with Crippen LogP contribution in [0.1, 0.15) is 21.5 Å². The Labute approximate surface area is 240 Å². The van der Waals surface area contributed by atoms with E-state index in [1.807, 2.05) is 19.0 Å². The van der Waals surface area contributed by atoms with Crippen LogP contribution in [0.5, 0.6) is 0 Å². The molecule has 3 amide bonds. The minimum atomic E-state index is -0.970. The number of halogens is 3. The summed E-state index contributed by atoms with van der Waals surface area (Å²) in [5, 5.41) is 8.42. The molecule has 4 aromatic rings. The first-order chi connectivity index (χ1) is 20.1. The Morgan fingerprint density at radius 3 is 2.40 bits per heavy atom. The van der Waals surface area contributed by atoms with E-state index in [0.717, 1.165) is 23.1 Å². The van der Waals surface area contributed by atoms with E-state index >= 15 is 4.39 Å². The molecule has 0 saturated carbocycles. The lowest BCUT2D eigenvalue weighted by Crippen LogP contribution is -2.43. The molecule has 0 aliphatic carbocycles. The number of rotatable bonds is 8. The van der Waals surface area contributed by atoms with Crippen LogP contribution in [-0.2, 0) is 6.54 Å². The zero-order valence-corrected chi connectivity index (χ0v) is 23.1. The summed E-state index contributed by atoms with van der Waals surface area (Å²) in [6.07, 6.45) is 0. The first-order valence-electron chi connectivity index (χ1n) is 13.1. The zero-order chi connectivity index (χ0) is 30.0. The number of carbonyl (C=O) groups excluding carboxylic acids is 2. The van der Waals surface area contributed by atoms with Crippen LogP contribution in [0.4, 0.5) is 41.1 Å². The third-order valence-corrected chi connectivity index (χ3v) is 6.71. The Morgan fingerprint density at radius 2 is 1.71 bits per heavy atom. The van der Waals surface area contributed by atoms with Crippen molar-refractivity contribution >= 4 is 35.1 Å². The summed E-state index contributed by atoms with van der Waals surface area (Å²) in [4.78, 5) is 38.0. The molecule has 0 bridgehead atoms. The van der Waals surface area contributed by atoms with Crippen molar-refractivity contribution in [1.82, 2.24) is 20.2 Å². The smallest absolute Gasteiger partial charge is 0.328 e. The number of hydrogen-bond donors (Lipinski definition) is 3. The molecular formula is C30H28F3N7O2. The van der Waals surface area contributed by atoms with Crippen LogP contribution in [0.3, 0.4) is 0 Å².